The van der Waals surface area contributed by atoms with Crippen molar-refractivity contribution in [3.05, 3.63) is 0 Å². The molecule has 1 aliphatic carbocycles. The molecule has 1 aliphatic heterocycles. The van der Waals surface area contributed by atoms with E-state index in [1.807, 2.05) is 0 Å². The summed E-state index contributed by atoms with van der Waals surface area (Å²) in [6.45, 7) is 14.3. The van der Waals surface area contributed by atoms with Crippen molar-refractivity contribution in [1.82, 2.24) is 4.90 Å². The average molecular weight is 239 g/mol. The number of likely N-dealkylation sites (tertiary alicyclic amines) is 1. The van der Waals surface area contributed by atoms with Crippen molar-refractivity contribution < 1.29 is 0 Å². The summed E-state index contributed by atoms with van der Waals surface area (Å²) in [6, 6.07) is 0.906. The summed E-state index contributed by atoms with van der Waals surface area (Å²) >= 11 is 0. The van der Waals surface area contributed by atoms with E-state index in [0.717, 1.165) is 12.0 Å². The lowest BCUT2D eigenvalue weighted by atomic mass is 9.68. The number of hydrogen-bond acceptors (Lipinski definition) is 1. The molecule has 1 saturated carbocycles. The Bertz CT molecular complexity index is 204. The van der Waals surface area contributed by atoms with Gasteiger partial charge in [0.05, 0.1) is 0 Å². The minimum absolute atomic E-state index is 0.575. The van der Waals surface area contributed by atoms with Crippen LogP contribution in [0.4, 0.5) is 0 Å². The molecular weight excluding hydrogens is 206 g/mol. The highest BCUT2D eigenvalue weighted by atomic mass is 15.2. The first kappa shape index (κ1) is 15.0. The van der Waals surface area contributed by atoms with E-state index in [1.54, 1.807) is 0 Å². The molecule has 2 aliphatic rings. The van der Waals surface area contributed by atoms with Crippen LogP contribution in [0.3, 0.4) is 0 Å². The van der Waals surface area contributed by atoms with E-state index in [2.05, 4.69) is 39.5 Å². The maximum Gasteiger partial charge on any atom is 0.0100 e. The van der Waals surface area contributed by atoms with Crippen molar-refractivity contribution in [3.8, 4) is 0 Å². The smallest absolute Gasteiger partial charge is 0.0100 e. The largest absolute Gasteiger partial charge is 0.300 e. The fourth-order valence-electron chi connectivity index (χ4n) is 3.16. The molecular formula is C16H33N. The highest BCUT2D eigenvalue weighted by Crippen LogP contribution is 2.42. The predicted molar refractivity (Wildman–Crippen MR) is 77.4 cm³/mol. The van der Waals surface area contributed by atoms with Gasteiger partial charge in [-0.2, -0.15) is 0 Å². The summed E-state index contributed by atoms with van der Waals surface area (Å²) in [6.07, 6.45) is 8.44. The van der Waals surface area contributed by atoms with Crippen LogP contribution in [0.15, 0.2) is 0 Å². The van der Waals surface area contributed by atoms with Gasteiger partial charge < -0.3 is 4.90 Å². The van der Waals surface area contributed by atoms with Crippen LogP contribution in [0.5, 0.6) is 0 Å². The fraction of sp³-hybridized carbons (Fsp3) is 1.00. The summed E-state index contributed by atoms with van der Waals surface area (Å²) < 4.78 is 0. The van der Waals surface area contributed by atoms with Gasteiger partial charge in [0.25, 0.3) is 0 Å². The fourth-order valence-corrected chi connectivity index (χ4v) is 3.16. The molecule has 2 atom stereocenters. The first-order valence-corrected chi connectivity index (χ1v) is 7.75. The molecule has 0 spiro atoms. The van der Waals surface area contributed by atoms with Gasteiger partial charge in [-0.1, -0.05) is 41.0 Å². The third kappa shape index (κ3) is 4.28. The van der Waals surface area contributed by atoms with Crippen LogP contribution >= 0.6 is 0 Å². The van der Waals surface area contributed by atoms with E-state index in [0.29, 0.717) is 5.41 Å². The van der Waals surface area contributed by atoms with Crippen LogP contribution in [-0.2, 0) is 0 Å². The second-order valence-corrected chi connectivity index (χ2v) is 6.78. The Morgan fingerprint density at radius 2 is 1.59 bits per heavy atom. The molecule has 0 unspecified atom stereocenters. The van der Waals surface area contributed by atoms with Crippen LogP contribution in [0.1, 0.15) is 73.1 Å². The molecule has 0 aromatic rings. The van der Waals surface area contributed by atoms with Crippen molar-refractivity contribution in [3.63, 3.8) is 0 Å². The van der Waals surface area contributed by atoms with E-state index in [-0.39, 0.29) is 0 Å². The number of rotatable bonds is 1. The minimum atomic E-state index is 0.575. The summed E-state index contributed by atoms with van der Waals surface area (Å²) in [5.41, 5.74) is 0.575. The Balaban J connectivity index is 0.000000437. The SMILES string of the molecule is CCC.C[C@@H]1CC[C@@H](N2CCCC2)CC1(C)C. The minimum Gasteiger partial charge on any atom is -0.300 e. The normalized spacial score (nSPS) is 33.0. The van der Waals surface area contributed by atoms with Crippen LogP contribution in [0, 0.1) is 11.3 Å². The Labute approximate surface area is 109 Å². The van der Waals surface area contributed by atoms with Crippen LogP contribution < -0.4 is 0 Å². The van der Waals surface area contributed by atoms with Crippen molar-refractivity contribution in [1.29, 1.82) is 0 Å². The van der Waals surface area contributed by atoms with Crippen molar-refractivity contribution in [2.24, 2.45) is 11.3 Å². The van der Waals surface area contributed by atoms with Gasteiger partial charge in [0, 0.05) is 6.04 Å². The molecule has 0 radical (unpaired) electrons. The topological polar surface area (TPSA) is 3.24 Å². The number of nitrogens with zero attached hydrogens (tertiary/aromatic N) is 1. The lowest BCUT2D eigenvalue weighted by molar-refractivity contribution is 0.0677. The molecule has 1 nitrogen and oxygen atoms in total. The van der Waals surface area contributed by atoms with Crippen LogP contribution in [-0.4, -0.2) is 24.0 Å². The molecule has 2 fully saturated rings. The molecule has 2 rings (SSSR count). The molecule has 1 saturated heterocycles. The third-order valence-corrected chi connectivity index (χ3v) is 4.69. The highest BCUT2D eigenvalue weighted by Gasteiger charge is 2.36. The van der Waals surface area contributed by atoms with Gasteiger partial charge in [-0.3, -0.25) is 0 Å². The van der Waals surface area contributed by atoms with E-state index in [4.69, 9.17) is 0 Å². The van der Waals surface area contributed by atoms with Gasteiger partial charge in [-0.05, 0) is 56.5 Å². The van der Waals surface area contributed by atoms with Gasteiger partial charge >= 0.3 is 0 Å². The summed E-state index contributed by atoms with van der Waals surface area (Å²) in [4.78, 5) is 2.74. The Morgan fingerprint density at radius 1 is 1.06 bits per heavy atom. The maximum atomic E-state index is 2.74. The van der Waals surface area contributed by atoms with Crippen molar-refractivity contribution in [2.75, 3.05) is 13.1 Å². The van der Waals surface area contributed by atoms with E-state index < -0.39 is 0 Å². The summed E-state index contributed by atoms with van der Waals surface area (Å²) in [5.74, 6) is 0.918. The van der Waals surface area contributed by atoms with E-state index >= 15 is 0 Å². The maximum absolute atomic E-state index is 2.74. The molecule has 0 aromatic heterocycles. The monoisotopic (exact) mass is 239 g/mol. The molecule has 1 heterocycles. The van der Waals surface area contributed by atoms with Gasteiger partial charge in [0.2, 0.25) is 0 Å². The van der Waals surface area contributed by atoms with Crippen molar-refractivity contribution in [2.45, 2.75) is 79.2 Å². The first-order valence-electron chi connectivity index (χ1n) is 7.75. The molecule has 0 N–H and O–H groups in total. The lowest BCUT2D eigenvalue weighted by Gasteiger charge is -2.44. The van der Waals surface area contributed by atoms with Gasteiger partial charge in [-0.15, -0.1) is 0 Å². The van der Waals surface area contributed by atoms with Crippen LogP contribution in [0.2, 0.25) is 0 Å². The number of hydrogen-bond donors (Lipinski definition) is 0. The average Bonchev–Trinajstić information content (AvgIpc) is 2.76. The molecule has 0 aromatic carbocycles. The zero-order valence-corrected chi connectivity index (χ0v) is 12.8. The first-order chi connectivity index (χ1) is 8.01. The van der Waals surface area contributed by atoms with Gasteiger partial charge in [0.1, 0.15) is 0 Å². The highest BCUT2D eigenvalue weighted by molar-refractivity contribution is 4.89. The summed E-state index contributed by atoms with van der Waals surface area (Å²) in [5, 5.41) is 0. The van der Waals surface area contributed by atoms with E-state index in [9.17, 15) is 0 Å². The third-order valence-electron chi connectivity index (χ3n) is 4.69. The standard InChI is InChI=1S/C13H25N.C3H8/c1-11-6-7-12(10-13(11,2)3)14-8-4-5-9-14;1-3-2/h11-12H,4-10H2,1-3H3;3H2,1-2H3/t11-,12-;/m1./s1. The molecule has 0 bridgehead atoms. The molecule has 1 heteroatoms. The quantitative estimate of drug-likeness (QED) is 0.640. The molecule has 17 heavy (non-hydrogen) atoms. The van der Waals surface area contributed by atoms with Crippen molar-refractivity contribution >= 4 is 0 Å². The second kappa shape index (κ2) is 6.78. The van der Waals surface area contributed by atoms with Gasteiger partial charge in [0.15, 0.2) is 0 Å². The van der Waals surface area contributed by atoms with Gasteiger partial charge in [-0.25, -0.2) is 0 Å². The second-order valence-electron chi connectivity index (χ2n) is 6.78. The predicted octanol–water partition coefficient (Wildman–Crippen LogP) is 4.71. The molecule has 102 valence electrons. The Kier molecular flexibility index (Phi) is 5.99. The zero-order chi connectivity index (χ0) is 12.9. The zero-order valence-electron chi connectivity index (χ0n) is 12.8. The Hall–Kier alpha value is -0.0400. The summed E-state index contributed by atoms with van der Waals surface area (Å²) in [7, 11) is 0. The Morgan fingerprint density at radius 3 is 2.06 bits per heavy atom. The lowest BCUT2D eigenvalue weighted by Crippen LogP contribution is -2.42. The van der Waals surface area contributed by atoms with E-state index in [1.165, 1.54) is 51.6 Å². The van der Waals surface area contributed by atoms with Crippen LogP contribution in [0.25, 0.3) is 0 Å². The molecule has 0 amide bonds.